The molecule has 1 heterocycles. The average molecular weight is 400 g/mol. The van der Waals surface area contributed by atoms with Gasteiger partial charge in [0.15, 0.2) is 6.61 Å². The smallest absolute Gasteiger partial charge is 0.264 e. The number of ether oxygens (including phenoxy) is 2. The lowest BCUT2D eigenvalue weighted by Gasteiger charge is -2.31. The van der Waals surface area contributed by atoms with Crippen molar-refractivity contribution < 1.29 is 19.2 Å². The average Bonchev–Trinajstić information content (AvgIpc) is 2.73. The zero-order valence-electron chi connectivity index (χ0n) is 18.4. The molecule has 1 fully saturated rings. The molecule has 0 aromatic heterocycles. The van der Waals surface area contributed by atoms with Gasteiger partial charge in [-0.3, -0.25) is 0 Å². The minimum absolute atomic E-state index is 0.126. The van der Waals surface area contributed by atoms with Crippen LogP contribution in [0.4, 0.5) is 0 Å². The van der Waals surface area contributed by atoms with Gasteiger partial charge in [0.1, 0.15) is 18.8 Å². The number of hydrogen-bond donors (Lipinski definition) is 0. The van der Waals surface area contributed by atoms with Crippen molar-refractivity contribution in [2.24, 2.45) is 5.41 Å². The van der Waals surface area contributed by atoms with Gasteiger partial charge in [-0.25, -0.2) is 4.84 Å². The Balaban J connectivity index is 1.99. The number of hydrazine groups is 1. The number of benzene rings is 1. The lowest BCUT2D eigenvalue weighted by molar-refractivity contribution is -0.897. The van der Waals surface area contributed by atoms with Crippen LogP contribution in [0.5, 0.6) is 5.75 Å². The molecule has 0 saturated carbocycles. The highest BCUT2D eigenvalue weighted by atomic mass is 16.7. The van der Waals surface area contributed by atoms with Crippen LogP contribution >= 0.6 is 0 Å². The van der Waals surface area contributed by atoms with Crippen molar-refractivity contribution in [1.82, 2.24) is 5.01 Å². The van der Waals surface area contributed by atoms with Gasteiger partial charge in [-0.15, -0.1) is 5.01 Å². The van der Waals surface area contributed by atoms with E-state index in [9.17, 15) is 0 Å². The number of hydrogen-bond acceptors (Lipinski definition) is 4. The van der Waals surface area contributed by atoms with Gasteiger partial charge < -0.3 is 9.47 Å². The standard InChI is InChI=1S/C24H35N2O3/c1-6-12-29-26(25-10-13-28-14-11-25)22-15-21(17-24(3,4)18-22)19(2)20-8-7-9-23(16-20)27-5/h7-9,15-16H,2,6,10-14,17-18H2,1,3-5H3/q+1/b26-22-. The van der Waals surface area contributed by atoms with Gasteiger partial charge in [-0.1, -0.05) is 39.5 Å². The first-order valence-electron chi connectivity index (χ1n) is 10.6. The van der Waals surface area contributed by atoms with E-state index in [1.807, 2.05) is 17.0 Å². The van der Waals surface area contributed by atoms with Gasteiger partial charge >= 0.3 is 0 Å². The summed E-state index contributed by atoms with van der Waals surface area (Å²) in [5.41, 5.74) is 4.71. The molecule has 5 nitrogen and oxygen atoms in total. The molecule has 5 heteroatoms. The second-order valence-electron chi connectivity index (χ2n) is 8.56. The first-order chi connectivity index (χ1) is 13.9. The lowest BCUT2D eigenvalue weighted by atomic mass is 9.74. The van der Waals surface area contributed by atoms with Gasteiger partial charge in [0, 0.05) is 12.5 Å². The van der Waals surface area contributed by atoms with E-state index in [1.165, 1.54) is 11.3 Å². The van der Waals surface area contributed by atoms with Gasteiger partial charge in [0.25, 0.3) is 5.71 Å². The minimum atomic E-state index is 0.126. The number of allylic oxidation sites excluding steroid dienone is 3. The zero-order chi connectivity index (χ0) is 20.9. The molecule has 1 aromatic rings. The van der Waals surface area contributed by atoms with E-state index in [0.717, 1.165) is 62.5 Å². The van der Waals surface area contributed by atoms with Crippen molar-refractivity contribution in [3.8, 4) is 5.75 Å². The predicted molar refractivity (Wildman–Crippen MR) is 117 cm³/mol. The van der Waals surface area contributed by atoms with Crippen molar-refractivity contribution in [3.63, 3.8) is 0 Å². The quantitative estimate of drug-likeness (QED) is 0.499. The molecule has 1 aromatic carbocycles. The van der Waals surface area contributed by atoms with E-state index in [0.29, 0.717) is 6.61 Å². The molecule has 158 valence electrons. The second kappa shape index (κ2) is 9.49. The highest BCUT2D eigenvalue weighted by molar-refractivity contribution is 5.97. The molecule has 1 aliphatic heterocycles. The summed E-state index contributed by atoms with van der Waals surface area (Å²) in [7, 11) is 1.70. The van der Waals surface area contributed by atoms with Crippen LogP contribution in [-0.2, 0) is 9.57 Å². The maximum Gasteiger partial charge on any atom is 0.264 e. The number of morpholine rings is 1. The Bertz CT molecular complexity index is 789. The summed E-state index contributed by atoms with van der Waals surface area (Å²) in [6, 6.07) is 8.13. The van der Waals surface area contributed by atoms with Gasteiger partial charge in [-0.05, 0) is 47.1 Å². The third kappa shape index (κ3) is 5.41. The maximum absolute atomic E-state index is 6.21. The number of methoxy groups -OCH3 is 1. The molecule has 1 aliphatic carbocycles. The van der Waals surface area contributed by atoms with Crippen molar-refractivity contribution in [3.05, 3.63) is 48.1 Å². The second-order valence-corrected chi connectivity index (χ2v) is 8.56. The molecular weight excluding hydrogens is 364 g/mol. The zero-order valence-corrected chi connectivity index (χ0v) is 18.4. The Hall–Kier alpha value is -2.27. The van der Waals surface area contributed by atoms with E-state index in [1.54, 1.807) is 7.11 Å². The molecule has 0 unspecified atom stereocenters. The van der Waals surface area contributed by atoms with E-state index in [2.05, 4.69) is 50.6 Å². The fraction of sp³-hybridized carbons (Fsp3) is 0.542. The molecule has 0 radical (unpaired) electrons. The molecule has 29 heavy (non-hydrogen) atoms. The Morgan fingerprint density at radius 1 is 1.24 bits per heavy atom. The van der Waals surface area contributed by atoms with Gasteiger partial charge in [0.05, 0.1) is 25.2 Å². The van der Waals surface area contributed by atoms with Crippen LogP contribution in [-0.4, -0.2) is 55.6 Å². The Labute approximate surface area is 175 Å². The molecule has 2 aliphatic rings. The van der Waals surface area contributed by atoms with E-state index >= 15 is 0 Å². The third-order valence-corrected chi connectivity index (χ3v) is 5.38. The van der Waals surface area contributed by atoms with Crippen molar-refractivity contribution in [2.75, 3.05) is 40.0 Å². The summed E-state index contributed by atoms with van der Waals surface area (Å²) in [5.74, 6) is 0.852. The number of rotatable bonds is 7. The topological polar surface area (TPSA) is 33.9 Å². The van der Waals surface area contributed by atoms with Crippen molar-refractivity contribution >= 4 is 11.3 Å². The molecule has 3 rings (SSSR count). The summed E-state index contributed by atoms with van der Waals surface area (Å²) in [4.78, 5) is 8.24. The fourth-order valence-electron chi connectivity index (χ4n) is 3.94. The lowest BCUT2D eigenvalue weighted by Crippen LogP contribution is -2.47. The molecule has 0 N–H and O–H groups in total. The molecule has 1 saturated heterocycles. The van der Waals surface area contributed by atoms with Crippen molar-refractivity contribution in [1.29, 1.82) is 0 Å². The van der Waals surface area contributed by atoms with Crippen LogP contribution in [0.1, 0.15) is 45.6 Å². The number of nitrogens with zero attached hydrogens (tertiary/aromatic N) is 2. The molecule has 0 bridgehead atoms. The highest BCUT2D eigenvalue weighted by Gasteiger charge is 2.36. The summed E-state index contributed by atoms with van der Waals surface area (Å²) < 4.78 is 11.0. The largest absolute Gasteiger partial charge is 0.497 e. The van der Waals surface area contributed by atoms with Crippen molar-refractivity contribution in [2.45, 2.75) is 40.0 Å². The third-order valence-electron chi connectivity index (χ3n) is 5.38. The Morgan fingerprint density at radius 3 is 2.69 bits per heavy atom. The fourth-order valence-corrected chi connectivity index (χ4v) is 3.94. The molecule has 0 spiro atoms. The van der Waals surface area contributed by atoms with Crippen LogP contribution in [0.25, 0.3) is 5.57 Å². The van der Waals surface area contributed by atoms with Crippen LogP contribution < -0.4 is 4.74 Å². The summed E-state index contributed by atoms with van der Waals surface area (Å²) in [6.07, 6.45) is 5.20. The normalized spacial score (nSPS) is 20.7. The van der Waals surface area contributed by atoms with E-state index in [4.69, 9.17) is 14.3 Å². The van der Waals surface area contributed by atoms with Gasteiger partial charge in [0.2, 0.25) is 0 Å². The monoisotopic (exact) mass is 399 g/mol. The molecular formula is C24H35N2O3+. The molecule has 0 amide bonds. The van der Waals surface area contributed by atoms with Crippen LogP contribution in [0.15, 0.2) is 42.5 Å². The first-order valence-corrected chi connectivity index (χ1v) is 10.6. The summed E-state index contributed by atoms with van der Waals surface area (Å²) in [5, 5.41) is 2.26. The van der Waals surface area contributed by atoms with Crippen LogP contribution in [0.2, 0.25) is 0 Å². The highest BCUT2D eigenvalue weighted by Crippen LogP contribution is 2.39. The predicted octanol–water partition coefficient (Wildman–Crippen LogP) is 4.50. The summed E-state index contributed by atoms with van der Waals surface area (Å²) in [6.45, 7) is 15.0. The van der Waals surface area contributed by atoms with Crippen LogP contribution in [0, 0.1) is 5.41 Å². The van der Waals surface area contributed by atoms with Crippen LogP contribution in [0.3, 0.4) is 0 Å². The summed E-state index contributed by atoms with van der Waals surface area (Å²) >= 11 is 0. The first kappa shape index (κ1) is 21.4. The van der Waals surface area contributed by atoms with E-state index < -0.39 is 0 Å². The van der Waals surface area contributed by atoms with E-state index in [-0.39, 0.29) is 5.41 Å². The maximum atomic E-state index is 6.21. The number of hydrazone groups is 1. The minimum Gasteiger partial charge on any atom is -0.497 e. The molecule has 0 atom stereocenters. The Kier molecular flexibility index (Phi) is 7.01. The Morgan fingerprint density at radius 2 is 2.00 bits per heavy atom. The SMILES string of the molecule is C=C(C1=C/C(=[N+](/OCCC)N2CCOCC2)CC(C)(C)C1)c1cccc(OC)c1. The van der Waals surface area contributed by atoms with Gasteiger partial charge in [-0.2, -0.15) is 0 Å².